The van der Waals surface area contributed by atoms with Gasteiger partial charge in [-0.15, -0.1) is 0 Å². The van der Waals surface area contributed by atoms with Gasteiger partial charge in [0.05, 0.1) is 13.2 Å². The van der Waals surface area contributed by atoms with E-state index in [4.69, 9.17) is 15.6 Å². The van der Waals surface area contributed by atoms with Gasteiger partial charge in [-0.05, 0) is 12.8 Å². The number of nitrogen functional groups attached to an aromatic ring is 1. The van der Waals surface area contributed by atoms with Crippen molar-refractivity contribution in [3.8, 4) is 5.88 Å². The van der Waals surface area contributed by atoms with Crippen LogP contribution < -0.4 is 15.8 Å². The van der Waals surface area contributed by atoms with Gasteiger partial charge in [0.2, 0.25) is 11.8 Å². The van der Waals surface area contributed by atoms with E-state index in [0.717, 1.165) is 12.8 Å². The highest BCUT2D eigenvalue weighted by Crippen LogP contribution is 2.24. The third-order valence-electron chi connectivity index (χ3n) is 2.39. The second-order valence-corrected chi connectivity index (χ2v) is 3.62. The summed E-state index contributed by atoms with van der Waals surface area (Å²) in [5.41, 5.74) is 5.51. The molecule has 0 atom stereocenters. The van der Waals surface area contributed by atoms with Crippen LogP contribution in [0.4, 0.5) is 11.8 Å². The van der Waals surface area contributed by atoms with Gasteiger partial charge in [-0.2, -0.15) is 9.97 Å². The molecule has 1 aromatic heterocycles. The van der Waals surface area contributed by atoms with E-state index in [1.807, 2.05) is 0 Å². The van der Waals surface area contributed by atoms with Gasteiger partial charge in [-0.25, -0.2) is 0 Å². The van der Waals surface area contributed by atoms with E-state index in [2.05, 4.69) is 15.3 Å². The molecular formula is C9H14N4O2. The van der Waals surface area contributed by atoms with Crippen molar-refractivity contribution < 1.29 is 9.84 Å². The van der Waals surface area contributed by atoms with Crippen LogP contribution in [0.5, 0.6) is 5.88 Å². The van der Waals surface area contributed by atoms with Crippen molar-refractivity contribution in [3.05, 3.63) is 6.07 Å². The monoisotopic (exact) mass is 210 g/mol. The normalized spacial score (nSPS) is 24.4. The first kappa shape index (κ1) is 9.97. The Labute approximate surface area is 87.5 Å². The molecule has 0 unspecified atom stereocenters. The van der Waals surface area contributed by atoms with E-state index in [1.165, 1.54) is 7.11 Å². The molecule has 0 aromatic carbocycles. The third kappa shape index (κ3) is 2.27. The summed E-state index contributed by atoms with van der Waals surface area (Å²) in [5, 5.41) is 12.3. The van der Waals surface area contributed by atoms with E-state index in [-0.39, 0.29) is 18.1 Å². The molecule has 1 aromatic rings. The quantitative estimate of drug-likeness (QED) is 0.650. The fourth-order valence-electron chi connectivity index (χ4n) is 1.54. The van der Waals surface area contributed by atoms with Gasteiger partial charge in [-0.1, -0.05) is 0 Å². The second-order valence-electron chi connectivity index (χ2n) is 3.62. The number of ether oxygens (including phenoxy) is 1. The number of methoxy groups -OCH3 is 1. The standard InChI is InChI=1S/C9H14N4O2/c1-15-8-4-7(12-9(10)13-8)11-5-2-6(14)3-5/h4-6,14H,2-3H2,1H3,(H3,10,11,12,13). The largest absolute Gasteiger partial charge is 0.481 e. The maximum atomic E-state index is 9.13. The molecule has 1 aliphatic carbocycles. The average Bonchev–Trinajstić information content (AvgIpc) is 2.14. The number of anilines is 2. The molecule has 6 nitrogen and oxygen atoms in total. The zero-order valence-corrected chi connectivity index (χ0v) is 8.47. The van der Waals surface area contributed by atoms with Crippen molar-refractivity contribution in [1.29, 1.82) is 0 Å². The molecular weight excluding hydrogens is 196 g/mol. The second kappa shape index (κ2) is 3.90. The van der Waals surface area contributed by atoms with Crippen LogP contribution in [-0.4, -0.2) is 34.3 Å². The van der Waals surface area contributed by atoms with Gasteiger partial charge in [0.1, 0.15) is 5.82 Å². The molecule has 4 N–H and O–H groups in total. The van der Waals surface area contributed by atoms with E-state index < -0.39 is 0 Å². The Morgan fingerprint density at radius 3 is 2.87 bits per heavy atom. The fraction of sp³-hybridized carbons (Fsp3) is 0.556. The summed E-state index contributed by atoms with van der Waals surface area (Å²) < 4.78 is 4.97. The first-order chi connectivity index (χ1) is 7.17. The average molecular weight is 210 g/mol. The molecule has 0 bridgehead atoms. The number of hydrogen-bond donors (Lipinski definition) is 3. The Morgan fingerprint density at radius 2 is 2.27 bits per heavy atom. The van der Waals surface area contributed by atoms with Gasteiger partial charge < -0.3 is 20.9 Å². The first-order valence-electron chi connectivity index (χ1n) is 4.80. The highest BCUT2D eigenvalue weighted by atomic mass is 16.5. The van der Waals surface area contributed by atoms with Crippen molar-refractivity contribution in [1.82, 2.24) is 9.97 Å². The number of aliphatic hydroxyl groups is 1. The summed E-state index contributed by atoms with van der Waals surface area (Å²) in [6.07, 6.45) is 1.29. The number of aromatic nitrogens is 2. The molecule has 15 heavy (non-hydrogen) atoms. The van der Waals surface area contributed by atoms with Crippen molar-refractivity contribution in [2.24, 2.45) is 0 Å². The van der Waals surface area contributed by atoms with Crippen molar-refractivity contribution >= 4 is 11.8 Å². The fourth-order valence-corrected chi connectivity index (χ4v) is 1.54. The lowest BCUT2D eigenvalue weighted by molar-refractivity contribution is 0.0835. The number of aliphatic hydroxyl groups excluding tert-OH is 1. The van der Waals surface area contributed by atoms with Gasteiger partial charge in [0, 0.05) is 12.1 Å². The summed E-state index contributed by atoms with van der Waals surface area (Å²) in [7, 11) is 1.53. The van der Waals surface area contributed by atoms with Crippen LogP contribution in [0.2, 0.25) is 0 Å². The van der Waals surface area contributed by atoms with Crippen LogP contribution in [0.3, 0.4) is 0 Å². The van der Waals surface area contributed by atoms with Crippen molar-refractivity contribution in [3.63, 3.8) is 0 Å². The molecule has 1 saturated carbocycles. The molecule has 6 heteroatoms. The van der Waals surface area contributed by atoms with Crippen LogP contribution >= 0.6 is 0 Å². The molecule has 0 spiro atoms. The SMILES string of the molecule is COc1cc(NC2CC(O)C2)nc(N)n1. The minimum atomic E-state index is -0.191. The Hall–Kier alpha value is -1.56. The van der Waals surface area contributed by atoms with E-state index >= 15 is 0 Å². The molecule has 82 valence electrons. The number of nitrogens with one attached hydrogen (secondary N) is 1. The number of rotatable bonds is 3. The van der Waals surface area contributed by atoms with Crippen molar-refractivity contribution in [2.75, 3.05) is 18.2 Å². The Morgan fingerprint density at radius 1 is 1.53 bits per heavy atom. The van der Waals surface area contributed by atoms with E-state index in [9.17, 15) is 0 Å². The topological polar surface area (TPSA) is 93.3 Å². The maximum Gasteiger partial charge on any atom is 0.225 e. The Bertz CT molecular complexity index is 352. The minimum absolute atomic E-state index is 0.178. The lowest BCUT2D eigenvalue weighted by Gasteiger charge is -2.32. The predicted octanol–water partition coefficient (Wildman–Crippen LogP) is 0.00260. The molecule has 0 saturated heterocycles. The van der Waals surface area contributed by atoms with E-state index in [0.29, 0.717) is 11.7 Å². The highest BCUT2D eigenvalue weighted by molar-refractivity contribution is 5.43. The summed E-state index contributed by atoms with van der Waals surface area (Å²) >= 11 is 0. The van der Waals surface area contributed by atoms with Gasteiger partial charge in [0.25, 0.3) is 0 Å². The molecule has 0 aliphatic heterocycles. The van der Waals surface area contributed by atoms with Crippen molar-refractivity contribution in [2.45, 2.75) is 25.0 Å². The summed E-state index contributed by atoms with van der Waals surface area (Å²) in [6, 6.07) is 1.94. The summed E-state index contributed by atoms with van der Waals surface area (Å²) in [5.74, 6) is 1.25. The minimum Gasteiger partial charge on any atom is -0.481 e. The molecule has 1 aliphatic rings. The number of hydrogen-bond acceptors (Lipinski definition) is 6. The van der Waals surface area contributed by atoms with Crippen LogP contribution in [0.1, 0.15) is 12.8 Å². The Kier molecular flexibility index (Phi) is 2.59. The summed E-state index contributed by atoms with van der Waals surface area (Å²) in [4.78, 5) is 7.90. The smallest absolute Gasteiger partial charge is 0.225 e. The van der Waals surface area contributed by atoms with Crippen LogP contribution in [-0.2, 0) is 0 Å². The lowest BCUT2D eigenvalue weighted by Crippen LogP contribution is -2.39. The third-order valence-corrected chi connectivity index (χ3v) is 2.39. The zero-order valence-electron chi connectivity index (χ0n) is 8.47. The maximum absolute atomic E-state index is 9.13. The highest BCUT2D eigenvalue weighted by Gasteiger charge is 2.27. The number of nitrogens with zero attached hydrogens (tertiary/aromatic N) is 2. The molecule has 0 amide bonds. The van der Waals surface area contributed by atoms with E-state index in [1.54, 1.807) is 6.07 Å². The molecule has 0 radical (unpaired) electrons. The van der Waals surface area contributed by atoms with Crippen LogP contribution in [0.25, 0.3) is 0 Å². The number of nitrogens with two attached hydrogens (primary N) is 1. The first-order valence-corrected chi connectivity index (χ1v) is 4.80. The van der Waals surface area contributed by atoms with Gasteiger partial charge in [0.15, 0.2) is 0 Å². The molecule has 1 fully saturated rings. The lowest BCUT2D eigenvalue weighted by atomic mass is 9.89. The zero-order chi connectivity index (χ0) is 10.8. The summed E-state index contributed by atoms with van der Waals surface area (Å²) in [6.45, 7) is 0. The van der Waals surface area contributed by atoms with Crippen LogP contribution in [0, 0.1) is 0 Å². The van der Waals surface area contributed by atoms with Gasteiger partial charge >= 0.3 is 0 Å². The molecule has 2 rings (SSSR count). The Balaban J connectivity index is 2.04. The molecule has 1 heterocycles. The van der Waals surface area contributed by atoms with Gasteiger partial charge in [-0.3, -0.25) is 0 Å². The predicted molar refractivity (Wildman–Crippen MR) is 55.6 cm³/mol. The van der Waals surface area contributed by atoms with Crippen LogP contribution in [0.15, 0.2) is 6.07 Å².